The molecule has 2 fully saturated rings. The lowest BCUT2D eigenvalue weighted by Crippen LogP contribution is -2.67. The quantitative estimate of drug-likeness (QED) is 0.0440. The number of rotatable bonds is 24. The second-order valence-corrected chi connectivity index (χ2v) is 40.4. The summed E-state index contributed by atoms with van der Waals surface area (Å²) in [6, 6.07) is 55.2. The molecule has 0 bridgehead atoms. The van der Waals surface area contributed by atoms with Crippen LogP contribution < -0.4 is 25.3 Å². The maximum atomic E-state index is 14.6. The Morgan fingerprint density at radius 2 is 1.22 bits per heavy atom. The van der Waals surface area contributed by atoms with Crippen LogP contribution in [0.15, 0.2) is 197 Å². The summed E-state index contributed by atoms with van der Waals surface area (Å²) in [6.07, 6.45) is 1.86. The molecule has 1 unspecified atom stereocenters. The summed E-state index contributed by atoms with van der Waals surface area (Å²) >= 11 is 7.76. The van der Waals surface area contributed by atoms with E-state index in [-0.39, 0.29) is 27.7 Å². The largest absolute Gasteiger partial charge is 0.501 e. The normalized spacial score (nSPS) is 16.1. The third-order valence-corrected chi connectivity index (χ3v) is 31.9. The number of alkyl halides is 3. The van der Waals surface area contributed by atoms with Crippen LogP contribution in [0.3, 0.4) is 0 Å². The first-order valence-corrected chi connectivity index (χ1v) is 40.3. The fraction of sp³-hybridized carbons (Fsp3) is 0.386. The molecule has 9 rings (SSSR count). The Morgan fingerprint density at radius 1 is 0.670 bits per heavy atom. The Kier molecular flexibility index (Phi) is 22.4. The van der Waals surface area contributed by atoms with E-state index in [0.29, 0.717) is 49.5 Å². The summed E-state index contributed by atoms with van der Waals surface area (Å²) in [5.74, 6) is -0.514. The van der Waals surface area contributed by atoms with Gasteiger partial charge in [-0.05, 0) is 142 Å². The smallest absolute Gasteiger partial charge is 0.410 e. The molecule has 91 heavy (non-hydrogen) atoms. The highest BCUT2D eigenvalue weighted by atomic mass is 35.5. The van der Waals surface area contributed by atoms with Gasteiger partial charge in [0.25, 0.3) is 34.1 Å². The minimum atomic E-state index is -6.13. The van der Waals surface area contributed by atoms with E-state index >= 15 is 0 Å². The minimum absolute atomic E-state index is 0.0224. The molecule has 2 aliphatic heterocycles. The van der Waals surface area contributed by atoms with Crippen molar-refractivity contribution in [2.24, 2.45) is 5.92 Å². The van der Waals surface area contributed by atoms with Crippen molar-refractivity contribution in [1.29, 1.82) is 0 Å². The summed E-state index contributed by atoms with van der Waals surface area (Å²) < 4.78 is 115. The maximum absolute atomic E-state index is 14.6. The van der Waals surface area contributed by atoms with E-state index in [1.807, 2.05) is 77.5 Å². The topological polar surface area (TPSA) is 138 Å². The van der Waals surface area contributed by atoms with E-state index in [9.17, 15) is 34.8 Å². The van der Waals surface area contributed by atoms with Crippen LogP contribution in [-0.2, 0) is 28.7 Å². The molecule has 7 aromatic carbocycles. The number of piperazine rings is 1. The number of amides is 1. The van der Waals surface area contributed by atoms with Gasteiger partial charge in [-0.25, -0.2) is 21.6 Å². The van der Waals surface area contributed by atoms with Gasteiger partial charge in [0.15, 0.2) is 8.32 Å². The van der Waals surface area contributed by atoms with Crippen molar-refractivity contribution >= 4 is 87.5 Å². The third kappa shape index (κ3) is 16.8. The molecule has 0 saturated carbocycles. The fourth-order valence-corrected chi connectivity index (χ4v) is 21.0. The van der Waals surface area contributed by atoms with Crippen LogP contribution in [0, 0.1) is 5.92 Å². The molecule has 2 saturated heterocycles. The summed E-state index contributed by atoms with van der Waals surface area (Å²) in [5.41, 5.74) is -2.12. The van der Waals surface area contributed by atoms with Gasteiger partial charge in [0.2, 0.25) is 0 Å². The zero-order valence-electron chi connectivity index (χ0n) is 53.2. The van der Waals surface area contributed by atoms with Gasteiger partial charge in [-0.1, -0.05) is 168 Å². The van der Waals surface area contributed by atoms with Gasteiger partial charge >= 0.3 is 5.51 Å². The zero-order chi connectivity index (χ0) is 65.4. The molecule has 21 heteroatoms. The van der Waals surface area contributed by atoms with Crippen molar-refractivity contribution in [1.82, 2.24) is 14.5 Å². The van der Waals surface area contributed by atoms with E-state index in [0.717, 1.165) is 85.0 Å². The molecule has 0 aliphatic carbocycles. The molecule has 1 amide bonds. The van der Waals surface area contributed by atoms with Gasteiger partial charge in [0.1, 0.15) is 4.90 Å². The van der Waals surface area contributed by atoms with Crippen molar-refractivity contribution in [2.45, 2.75) is 116 Å². The summed E-state index contributed by atoms with van der Waals surface area (Å²) in [6.45, 7) is 24.2. The second kappa shape index (κ2) is 29.2. The van der Waals surface area contributed by atoms with Crippen LogP contribution in [0.4, 0.5) is 24.5 Å². The Hall–Kier alpha value is -5.79. The lowest BCUT2D eigenvalue weighted by Gasteiger charge is -2.44. The lowest BCUT2D eigenvalue weighted by atomic mass is 9.84. The maximum Gasteiger partial charge on any atom is 0.501 e. The monoisotopic (exact) mass is 1350 g/mol. The Morgan fingerprint density at radius 3 is 1.78 bits per heavy atom. The van der Waals surface area contributed by atoms with E-state index in [1.54, 1.807) is 12.1 Å². The third-order valence-electron chi connectivity index (χ3n) is 18.2. The van der Waals surface area contributed by atoms with Crippen LogP contribution in [0.1, 0.15) is 82.8 Å². The van der Waals surface area contributed by atoms with E-state index < -0.39 is 69.4 Å². The van der Waals surface area contributed by atoms with Crippen molar-refractivity contribution in [3.63, 3.8) is 0 Å². The number of sulfonamides is 1. The van der Waals surface area contributed by atoms with Gasteiger partial charge in [0, 0.05) is 91.9 Å². The van der Waals surface area contributed by atoms with Crippen LogP contribution in [-0.4, -0.2) is 125 Å². The summed E-state index contributed by atoms with van der Waals surface area (Å²) in [7, 11) is -16.0. The lowest BCUT2D eigenvalue weighted by molar-refractivity contribution is -0.0436. The fourth-order valence-electron chi connectivity index (χ4n) is 12.0. The predicted octanol–water partition coefficient (Wildman–Crippen LogP) is 14.6. The number of hydrogen-bond donors (Lipinski definition) is 2. The van der Waals surface area contributed by atoms with Crippen molar-refractivity contribution in [3.05, 3.63) is 198 Å². The molecule has 2 atom stereocenters. The van der Waals surface area contributed by atoms with Gasteiger partial charge in [-0.3, -0.25) is 9.69 Å². The van der Waals surface area contributed by atoms with Crippen molar-refractivity contribution < 1.29 is 43.7 Å². The SMILES string of the molecule is CC(C)(C)[Si](C)(C)OC(c1ccccc1-c1ccc(Cl)cc1)C1CCN(c2ccc(C(=O)NS(=O)(=O)c3ccc(N[C@H](CCN4CCN(CCO[Si](c5ccccc5)(c5ccccc5)C(C)(C)C)CC4)CSc4ccccc4)c(S(=O)(=O)C(F)(F)F)c3)cc2)CC1. The molecule has 2 heterocycles. The number of anilines is 2. The highest BCUT2D eigenvalue weighted by Gasteiger charge is 2.51. The number of carbonyl (C=O) groups is 1. The first-order chi connectivity index (χ1) is 43.1. The standard InChI is InChI=1S/C70H85ClF3N5O7S3Si2/c1-68(2,3)90(7,8)86-66(63-27-19-18-26-62(63)52-28-32-55(71)33-29-52)53-38-42-79(43-39-53)57-34-30-54(31-35-57)67(80)76-89(83,84)59-36-37-64(65(50-59)88(81,82)70(72,73)74)75-56(51-87-58-20-12-9-13-21-58)40-41-77-44-46-78(47-45-77)48-49-85-91(69(4,5)6,60-22-14-10-15-23-60)61-24-16-11-17-25-61/h9-37,50,53,56,66,75H,38-49,51H2,1-8H3,(H,76,80)/t56-,66?/m1/s1. The average molecular weight is 1350 g/mol. The average Bonchev–Trinajstić information content (AvgIpc) is 0.805. The first kappa shape index (κ1) is 69.6. The Labute approximate surface area is 548 Å². The van der Waals surface area contributed by atoms with Crippen LogP contribution in [0.5, 0.6) is 0 Å². The molecule has 2 aliphatic rings. The molecule has 7 aromatic rings. The van der Waals surface area contributed by atoms with E-state index in [2.05, 4.69) is 141 Å². The molecular formula is C70H85ClF3N5O7S3Si2. The molecule has 486 valence electrons. The number of carbonyl (C=O) groups excluding carboxylic acids is 1. The highest BCUT2D eigenvalue weighted by Crippen LogP contribution is 2.47. The molecule has 0 radical (unpaired) electrons. The number of sulfone groups is 1. The number of hydrogen-bond acceptors (Lipinski definition) is 12. The molecule has 0 spiro atoms. The highest BCUT2D eigenvalue weighted by molar-refractivity contribution is 7.99. The number of nitrogens with zero attached hydrogens (tertiary/aromatic N) is 3. The van der Waals surface area contributed by atoms with Gasteiger partial charge in [-0.15, -0.1) is 11.8 Å². The van der Waals surface area contributed by atoms with Crippen LogP contribution >= 0.6 is 23.4 Å². The van der Waals surface area contributed by atoms with Crippen molar-refractivity contribution in [3.8, 4) is 11.1 Å². The van der Waals surface area contributed by atoms with Gasteiger partial charge in [-0.2, -0.15) is 13.2 Å². The van der Waals surface area contributed by atoms with Gasteiger partial charge in [0.05, 0.1) is 16.7 Å². The number of halogens is 4. The summed E-state index contributed by atoms with van der Waals surface area (Å²) in [4.78, 5) is 19.4. The number of nitrogens with one attached hydrogen (secondary N) is 2. The predicted molar refractivity (Wildman–Crippen MR) is 369 cm³/mol. The zero-order valence-corrected chi connectivity index (χ0v) is 58.4. The minimum Gasteiger partial charge on any atom is -0.410 e. The molecular weight excluding hydrogens is 1270 g/mol. The molecule has 0 aromatic heterocycles. The number of thioether (sulfide) groups is 1. The molecule has 12 nitrogen and oxygen atoms in total. The van der Waals surface area contributed by atoms with Gasteiger partial charge < -0.3 is 24.0 Å². The van der Waals surface area contributed by atoms with E-state index in [4.69, 9.17) is 20.5 Å². The van der Waals surface area contributed by atoms with Crippen LogP contribution in [0.25, 0.3) is 11.1 Å². The number of piperidine rings is 1. The molecule has 2 N–H and O–H groups in total. The number of benzene rings is 7. The van der Waals surface area contributed by atoms with Crippen LogP contribution in [0.2, 0.25) is 28.2 Å². The summed E-state index contributed by atoms with van der Waals surface area (Å²) in [5, 5.41) is 6.00. The van der Waals surface area contributed by atoms with E-state index in [1.165, 1.54) is 34.3 Å². The Balaban J connectivity index is 0.854. The Bertz CT molecular complexity index is 3740. The first-order valence-electron chi connectivity index (χ1n) is 31.1. The second-order valence-electron chi connectivity index (χ2n) is 26.3. The van der Waals surface area contributed by atoms with Crippen molar-refractivity contribution in [2.75, 3.05) is 74.9 Å².